The number of nitrogens with zero attached hydrogens (tertiary/aromatic N) is 4. The van der Waals surface area contributed by atoms with Gasteiger partial charge >= 0.3 is 12.2 Å². The Morgan fingerprint density at radius 3 is 1.88 bits per heavy atom. The minimum absolute atomic E-state index is 0.0918. The summed E-state index contributed by atoms with van der Waals surface area (Å²) in [5.74, 6) is 1.38. The predicted molar refractivity (Wildman–Crippen MR) is 227 cm³/mol. The second kappa shape index (κ2) is 16.8. The summed E-state index contributed by atoms with van der Waals surface area (Å²) >= 11 is 0. The van der Waals surface area contributed by atoms with Crippen molar-refractivity contribution in [2.75, 3.05) is 20.8 Å². The van der Waals surface area contributed by atoms with Crippen molar-refractivity contribution in [3.05, 3.63) is 84.7 Å². The van der Waals surface area contributed by atoms with E-state index < -0.39 is 24.3 Å². The average molecular weight is 815 g/mol. The van der Waals surface area contributed by atoms with E-state index in [9.17, 15) is 19.2 Å². The van der Waals surface area contributed by atoms with E-state index in [-0.39, 0.29) is 41.8 Å². The van der Waals surface area contributed by atoms with E-state index >= 15 is 0 Å². The quantitative estimate of drug-likeness (QED) is 0.105. The maximum absolute atomic E-state index is 13.9. The molecule has 14 nitrogen and oxygen atoms in total. The van der Waals surface area contributed by atoms with Gasteiger partial charge in [-0.1, -0.05) is 76.2 Å². The number of H-pyrrole nitrogens is 2. The van der Waals surface area contributed by atoms with Gasteiger partial charge in [-0.05, 0) is 89.5 Å². The smallest absolute Gasteiger partial charge is 0.407 e. The van der Waals surface area contributed by atoms with E-state index in [0.717, 1.165) is 88.2 Å². The molecule has 60 heavy (non-hydrogen) atoms. The van der Waals surface area contributed by atoms with Gasteiger partial charge in [0, 0.05) is 18.2 Å². The van der Waals surface area contributed by atoms with E-state index in [2.05, 4.69) is 81.3 Å². The number of ether oxygens (including phenoxy) is 2. The van der Waals surface area contributed by atoms with Crippen molar-refractivity contribution in [3.8, 4) is 33.6 Å². The Bertz CT molecular complexity index is 2390. The standard InChI is InChI=1S/C46H54N8O6/c1-25(2)38(51-45(57)59-5)43(55)53-19-7-8-37(53)41-47-24-36(49-41)32-16-15-30-20-29(13-14-31(30)21-32)27-9-11-28(12-10-27)35-23-48-42(50-35)40-33-17-18-34(22-33)54(40)44(56)39(26(3)4)52-46(58)60-6/h9-16,20-21,23-26,33-34,37-40H,7-8,17-19,22H2,1-6H3,(H,47,49)(H,48,50)(H,51,57)(H,52,58)/t33-,34?,37-,38-,39-,40-/m0/s1. The number of methoxy groups -OCH3 is 2. The maximum atomic E-state index is 13.9. The molecule has 4 heterocycles. The van der Waals surface area contributed by atoms with Crippen LogP contribution in [0.25, 0.3) is 44.4 Å². The number of imidazole rings is 2. The summed E-state index contributed by atoms with van der Waals surface area (Å²) in [7, 11) is 2.60. The monoisotopic (exact) mass is 814 g/mol. The number of aromatic nitrogens is 4. The summed E-state index contributed by atoms with van der Waals surface area (Å²) in [6.45, 7) is 8.27. The molecule has 3 aromatic carbocycles. The number of rotatable bonds is 11. The zero-order valence-electron chi connectivity index (χ0n) is 35.0. The third-order valence-corrected chi connectivity index (χ3v) is 12.6. The summed E-state index contributed by atoms with van der Waals surface area (Å²) in [5.41, 5.74) is 5.93. The van der Waals surface area contributed by atoms with E-state index in [0.29, 0.717) is 12.5 Å². The zero-order chi connectivity index (χ0) is 42.2. The lowest BCUT2D eigenvalue weighted by Crippen LogP contribution is -2.54. The zero-order valence-corrected chi connectivity index (χ0v) is 35.0. The first-order valence-electron chi connectivity index (χ1n) is 21.0. The summed E-state index contributed by atoms with van der Waals surface area (Å²) in [5, 5.41) is 7.66. The van der Waals surface area contributed by atoms with Crippen LogP contribution in [0.3, 0.4) is 0 Å². The third-order valence-electron chi connectivity index (χ3n) is 12.6. The number of likely N-dealkylation sites (tertiary alicyclic amines) is 2. The van der Waals surface area contributed by atoms with Crippen molar-refractivity contribution in [2.45, 2.75) is 90.0 Å². The number of hydrogen-bond acceptors (Lipinski definition) is 8. The third kappa shape index (κ3) is 7.82. The average Bonchev–Trinajstić information content (AvgIpc) is 4.12. The number of aromatic amines is 2. The number of piperidine rings is 1. The van der Waals surface area contributed by atoms with Crippen LogP contribution in [-0.2, 0) is 19.1 Å². The molecule has 1 unspecified atom stereocenters. The van der Waals surface area contributed by atoms with Crippen molar-refractivity contribution in [1.82, 2.24) is 40.4 Å². The molecule has 1 aliphatic carbocycles. The van der Waals surface area contributed by atoms with Gasteiger partial charge < -0.3 is 39.9 Å². The van der Waals surface area contributed by atoms with Gasteiger partial charge in [0.25, 0.3) is 0 Å². The lowest BCUT2D eigenvalue weighted by Gasteiger charge is -2.37. The van der Waals surface area contributed by atoms with Crippen LogP contribution in [0.2, 0.25) is 0 Å². The largest absolute Gasteiger partial charge is 0.453 e. The highest BCUT2D eigenvalue weighted by molar-refractivity contribution is 5.91. The highest BCUT2D eigenvalue weighted by atomic mass is 16.5. The van der Waals surface area contributed by atoms with Crippen molar-refractivity contribution in [2.24, 2.45) is 17.8 Å². The molecule has 0 spiro atoms. The summed E-state index contributed by atoms with van der Waals surface area (Å²) in [6, 6.07) is 19.6. The van der Waals surface area contributed by atoms with Crippen molar-refractivity contribution in [3.63, 3.8) is 0 Å². The van der Waals surface area contributed by atoms with Gasteiger partial charge in [0.05, 0.1) is 50.1 Å². The van der Waals surface area contributed by atoms with E-state index in [4.69, 9.17) is 19.4 Å². The lowest BCUT2D eigenvalue weighted by molar-refractivity contribution is -0.139. The molecule has 4 amide bonds. The molecule has 2 saturated heterocycles. The summed E-state index contributed by atoms with van der Waals surface area (Å²) in [6.07, 6.45) is 7.00. The number of nitrogens with one attached hydrogen (secondary N) is 4. The maximum Gasteiger partial charge on any atom is 0.407 e. The summed E-state index contributed by atoms with van der Waals surface area (Å²) in [4.78, 5) is 72.0. The SMILES string of the molecule is COC(=O)N[C@H](C(=O)N1CCC[C@H]1c1ncc(-c2ccc3cc(-c4ccc(-c5cnc([C@@H]6[C@H]7CCC(C7)N6C(=O)[C@@H](NC(=O)OC)C(C)C)[nH]5)cc4)ccc3c2)[nH]1)C(C)C. The highest BCUT2D eigenvalue weighted by Gasteiger charge is 2.51. The van der Waals surface area contributed by atoms with Crippen LogP contribution < -0.4 is 10.6 Å². The molecule has 6 atom stereocenters. The minimum atomic E-state index is -0.688. The van der Waals surface area contributed by atoms with Crippen LogP contribution in [0.5, 0.6) is 0 Å². The fourth-order valence-corrected chi connectivity index (χ4v) is 9.43. The molecule has 314 valence electrons. The Morgan fingerprint density at radius 1 is 0.683 bits per heavy atom. The second-order valence-electron chi connectivity index (χ2n) is 17.0. The number of carbonyl (C=O) groups excluding carboxylic acids is 4. The first-order valence-corrected chi connectivity index (χ1v) is 21.0. The molecule has 0 radical (unpaired) electrons. The molecule has 2 aromatic heterocycles. The molecular weight excluding hydrogens is 761 g/mol. The van der Waals surface area contributed by atoms with E-state index in [1.165, 1.54) is 14.2 Å². The van der Waals surface area contributed by atoms with E-state index in [1.807, 2.05) is 49.9 Å². The van der Waals surface area contributed by atoms with Gasteiger partial charge in [-0.15, -0.1) is 0 Å². The molecule has 2 aliphatic heterocycles. The minimum Gasteiger partial charge on any atom is -0.453 e. The van der Waals surface area contributed by atoms with Gasteiger partial charge in [0.2, 0.25) is 11.8 Å². The molecule has 5 aromatic rings. The topological polar surface area (TPSA) is 175 Å². The Kier molecular flexibility index (Phi) is 11.4. The van der Waals surface area contributed by atoms with Crippen LogP contribution in [0, 0.1) is 17.8 Å². The van der Waals surface area contributed by atoms with Crippen LogP contribution >= 0.6 is 0 Å². The number of fused-ring (bicyclic) bond motifs is 3. The van der Waals surface area contributed by atoms with Gasteiger partial charge in [-0.2, -0.15) is 0 Å². The van der Waals surface area contributed by atoms with Crippen LogP contribution in [-0.4, -0.2) is 92.6 Å². The van der Waals surface area contributed by atoms with Gasteiger partial charge in [-0.25, -0.2) is 19.6 Å². The number of hydrogen-bond donors (Lipinski definition) is 4. The number of alkyl carbamates (subject to hydrolysis) is 2. The molecule has 14 heteroatoms. The first kappa shape index (κ1) is 40.6. The molecule has 4 N–H and O–H groups in total. The molecular formula is C46H54N8O6. The molecule has 3 aliphatic rings. The summed E-state index contributed by atoms with van der Waals surface area (Å²) < 4.78 is 9.60. The van der Waals surface area contributed by atoms with Crippen molar-refractivity contribution >= 4 is 34.8 Å². The van der Waals surface area contributed by atoms with Crippen LogP contribution in [0.4, 0.5) is 9.59 Å². The Morgan fingerprint density at radius 2 is 1.23 bits per heavy atom. The molecule has 1 saturated carbocycles. The van der Waals surface area contributed by atoms with Gasteiger partial charge in [0.1, 0.15) is 23.7 Å². The fraction of sp³-hybridized carbons (Fsp3) is 0.435. The van der Waals surface area contributed by atoms with Crippen LogP contribution in [0.1, 0.15) is 83.5 Å². The molecule has 8 rings (SSSR count). The highest BCUT2D eigenvalue weighted by Crippen LogP contribution is 2.50. The lowest BCUT2D eigenvalue weighted by atomic mass is 9.95. The number of amides is 4. The first-order chi connectivity index (χ1) is 28.9. The van der Waals surface area contributed by atoms with Crippen LogP contribution in [0.15, 0.2) is 73.1 Å². The van der Waals surface area contributed by atoms with Gasteiger partial charge in [-0.3, -0.25) is 9.59 Å². The Hall–Kier alpha value is -6.18. The van der Waals surface area contributed by atoms with E-state index in [1.54, 1.807) is 0 Å². The Balaban J connectivity index is 0.954. The predicted octanol–water partition coefficient (Wildman–Crippen LogP) is 7.76. The normalized spacial score (nSPS) is 20.8. The molecule has 3 fully saturated rings. The van der Waals surface area contributed by atoms with Crippen molar-refractivity contribution in [1.29, 1.82) is 0 Å². The second-order valence-corrected chi connectivity index (χ2v) is 17.0. The Labute approximate surface area is 349 Å². The fourth-order valence-electron chi connectivity index (χ4n) is 9.43. The van der Waals surface area contributed by atoms with Gasteiger partial charge in [0.15, 0.2) is 0 Å². The number of benzene rings is 3. The van der Waals surface area contributed by atoms with Crippen molar-refractivity contribution < 1.29 is 28.7 Å². The molecule has 2 bridgehead atoms. The number of carbonyl (C=O) groups is 4.